The van der Waals surface area contributed by atoms with Crippen LogP contribution in [0.1, 0.15) is 25.0 Å². The standard InChI is InChI=1S/C11H15NO4/c1-3-10(12(14)15)11(13)8-5-4-6-9(7-8)16-2/h4-7,10-11,13H,3H2,1-2H3/t10-,11-/m1/s1. The molecule has 0 radical (unpaired) electrons. The van der Waals surface area contributed by atoms with E-state index in [1.165, 1.54) is 7.11 Å². The third-order valence-corrected chi connectivity index (χ3v) is 2.49. The molecule has 88 valence electrons. The Morgan fingerprint density at radius 1 is 1.56 bits per heavy atom. The van der Waals surface area contributed by atoms with Gasteiger partial charge in [0.15, 0.2) is 0 Å². The van der Waals surface area contributed by atoms with Crippen LogP contribution in [-0.2, 0) is 0 Å². The van der Waals surface area contributed by atoms with Crippen LogP contribution < -0.4 is 4.74 Å². The Balaban J connectivity index is 2.93. The Kier molecular flexibility index (Phi) is 4.25. The molecule has 0 amide bonds. The zero-order valence-corrected chi connectivity index (χ0v) is 9.29. The van der Waals surface area contributed by atoms with Crippen molar-refractivity contribution < 1.29 is 14.8 Å². The van der Waals surface area contributed by atoms with Gasteiger partial charge in [0.2, 0.25) is 6.04 Å². The molecule has 5 heteroatoms. The second-order valence-corrected chi connectivity index (χ2v) is 3.48. The molecular formula is C11H15NO4. The minimum absolute atomic E-state index is 0.283. The summed E-state index contributed by atoms with van der Waals surface area (Å²) in [5.74, 6) is 0.578. The molecule has 0 bridgehead atoms. The average molecular weight is 225 g/mol. The molecule has 5 nitrogen and oxygen atoms in total. The lowest BCUT2D eigenvalue weighted by Gasteiger charge is -2.15. The summed E-state index contributed by atoms with van der Waals surface area (Å²) >= 11 is 0. The van der Waals surface area contributed by atoms with Crippen LogP contribution in [-0.4, -0.2) is 23.2 Å². The third-order valence-electron chi connectivity index (χ3n) is 2.49. The molecule has 0 fully saturated rings. The highest BCUT2D eigenvalue weighted by Crippen LogP contribution is 2.24. The van der Waals surface area contributed by atoms with Crippen LogP contribution in [0.4, 0.5) is 0 Å². The predicted molar refractivity (Wildman–Crippen MR) is 59.0 cm³/mol. The van der Waals surface area contributed by atoms with Gasteiger partial charge in [-0.1, -0.05) is 19.1 Å². The largest absolute Gasteiger partial charge is 0.497 e. The van der Waals surface area contributed by atoms with E-state index in [0.717, 1.165) is 0 Å². The van der Waals surface area contributed by atoms with E-state index < -0.39 is 17.1 Å². The minimum atomic E-state index is -1.10. The van der Waals surface area contributed by atoms with Gasteiger partial charge in [-0.05, 0) is 17.7 Å². The van der Waals surface area contributed by atoms with Crippen molar-refractivity contribution in [2.24, 2.45) is 0 Å². The van der Waals surface area contributed by atoms with Crippen LogP contribution in [0.5, 0.6) is 5.75 Å². The number of nitro groups is 1. The normalized spacial score (nSPS) is 14.2. The molecule has 0 aliphatic rings. The summed E-state index contributed by atoms with van der Waals surface area (Å²) in [6.07, 6.45) is -0.819. The van der Waals surface area contributed by atoms with Crippen LogP contribution in [0.2, 0.25) is 0 Å². The summed E-state index contributed by atoms with van der Waals surface area (Å²) < 4.78 is 5.00. The smallest absolute Gasteiger partial charge is 0.242 e. The van der Waals surface area contributed by atoms with Crippen molar-refractivity contribution in [1.82, 2.24) is 0 Å². The first-order valence-corrected chi connectivity index (χ1v) is 5.05. The van der Waals surface area contributed by atoms with Gasteiger partial charge in [0.05, 0.1) is 7.11 Å². The van der Waals surface area contributed by atoms with E-state index in [4.69, 9.17) is 4.74 Å². The molecule has 0 unspecified atom stereocenters. The minimum Gasteiger partial charge on any atom is -0.497 e. The van der Waals surface area contributed by atoms with Crippen molar-refractivity contribution in [2.75, 3.05) is 7.11 Å². The lowest BCUT2D eigenvalue weighted by Crippen LogP contribution is -2.26. The number of methoxy groups -OCH3 is 1. The number of hydrogen-bond acceptors (Lipinski definition) is 4. The van der Waals surface area contributed by atoms with Gasteiger partial charge in [-0.2, -0.15) is 0 Å². The van der Waals surface area contributed by atoms with Crippen molar-refractivity contribution in [2.45, 2.75) is 25.5 Å². The lowest BCUT2D eigenvalue weighted by atomic mass is 10.0. The predicted octanol–water partition coefficient (Wildman–Crippen LogP) is 1.78. The number of aliphatic hydroxyl groups is 1. The van der Waals surface area contributed by atoms with E-state index in [9.17, 15) is 15.2 Å². The van der Waals surface area contributed by atoms with E-state index in [-0.39, 0.29) is 6.42 Å². The maximum Gasteiger partial charge on any atom is 0.242 e. The molecule has 1 aromatic rings. The fourth-order valence-electron chi connectivity index (χ4n) is 1.54. The second kappa shape index (κ2) is 5.46. The number of benzene rings is 1. The molecule has 0 spiro atoms. The third kappa shape index (κ3) is 2.70. The van der Waals surface area contributed by atoms with Crippen LogP contribution in [0.25, 0.3) is 0 Å². The Bertz CT molecular complexity index is 367. The lowest BCUT2D eigenvalue weighted by molar-refractivity contribution is -0.536. The van der Waals surface area contributed by atoms with Crippen molar-refractivity contribution in [1.29, 1.82) is 0 Å². The molecule has 16 heavy (non-hydrogen) atoms. The van der Waals surface area contributed by atoms with E-state index in [1.54, 1.807) is 31.2 Å². The highest BCUT2D eigenvalue weighted by Gasteiger charge is 2.29. The molecule has 2 atom stereocenters. The molecular weight excluding hydrogens is 210 g/mol. The Labute approximate surface area is 93.8 Å². The van der Waals surface area contributed by atoms with E-state index in [2.05, 4.69) is 0 Å². The van der Waals surface area contributed by atoms with Gasteiger partial charge >= 0.3 is 0 Å². The zero-order chi connectivity index (χ0) is 12.1. The van der Waals surface area contributed by atoms with Crippen LogP contribution >= 0.6 is 0 Å². The first kappa shape index (κ1) is 12.4. The van der Waals surface area contributed by atoms with Gasteiger partial charge in [-0.25, -0.2) is 0 Å². The highest BCUT2D eigenvalue weighted by atomic mass is 16.6. The van der Waals surface area contributed by atoms with Gasteiger partial charge < -0.3 is 9.84 Å². The second-order valence-electron chi connectivity index (χ2n) is 3.48. The first-order chi connectivity index (χ1) is 7.60. The van der Waals surface area contributed by atoms with Gasteiger partial charge in [-0.3, -0.25) is 10.1 Å². The van der Waals surface area contributed by atoms with Crippen LogP contribution in [0.3, 0.4) is 0 Å². The summed E-state index contributed by atoms with van der Waals surface area (Å²) in [4.78, 5) is 10.3. The number of nitrogens with zero attached hydrogens (tertiary/aromatic N) is 1. The van der Waals surface area contributed by atoms with E-state index in [0.29, 0.717) is 11.3 Å². The van der Waals surface area contributed by atoms with Gasteiger partial charge in [0.25, 0.3) is 0 Å². The molecule has 1 rings (SSSR count). The fourth-order valence-corrected chi connectivity index (χ4v) is 1.54. The number of rotatable bonds is 5. The van der Waals surface area contributed by atoms with Crippen molar-refractivity contribution in [3.63, 3.8) is 0 Å². The van der Waals surface area contributed by atoms with Crippen molar-refractivity contribution >= 4 is 0 Å². The summed E-state index contributed by atoms with van der Waals surface area (Å²) in [5, 5.41) is 20.6. The van der Waals surface area contributed by atoms with Crippen molar-refractivity contribution in [3.05, 3.63) is 39.9 Å². The number of aliphatic hydroxyl groups excluding tert-OH is 1. The SMILES string of the molecule is CC[C@H]([C@H](O)c1cccc(OC)c1)[N+](=O)[O-]. The Hall–Kier alpha value is -1.62. The Morgan fingerprint density at radius 3 is 2.75 bits per heavy atom. The van der Waals surface area contributed by atoms with Crippen LogP contribution in [0, 0.1) is 10.1 Å². The average Bonchev–Trinajstić information content (AvgIpc) is 2.29. The maximum atomic E-state index is 10.7. The molecule has 0 aliphatic carbocycles. The summed E-state index contributed by atoms with van der Waals surface area (Å²) in [6, 6.07) is 5.70. The molecule has 0 saturated carbocycles. The molecule has 0 heterocycles. The number of ether oxygens (including phenoxy) is 1. The Morgan fingerprint density at radius 2 is 2.25 bits per heavy atom. The van der Waals surface area contributed by atoms with E-state index in [1.807, 2.05) is 0 Å². The molecule has 0 aliphatic heterocycles. The summed E-state index contributed by atoms with van der Waals surface area (Å²) in [7, 11) is 1.51. The maximum absolute atomic E-state index is 10.7. The quantitative estimate of drug-likeness (QED) is 0.612. The molecule has 0 saturated heterocycles. The van der Waals surface area contributed by atoms with E-state index >= 15 is 0 Å². The summed E-state index contributed by atoms with van der Waals surface area (Å²) in [6.45, 7) is 1.68. The van der Waals surface area contributed by atoms with Gasteiger partial charge in [-0.15, -0.1) is 0 Å². The molecule has 0 aromatic heterocycles. The van der Waals surface area contributed by atoms with Gasteiger partial charge in [0.1, 0.15) is 11.9 Å². The first-order valence-electron chi connectivity index (χ1n) is 5.05. The highest BCUT2D eigenvalue weighted by molar-refractivity contribution is 5.30. The van der Waals surface area contributed by atoms with Crippen LogP contribution in [0.15, 0.2) is 24.3 Å². The molecule has 1 aromatic carbocycles. The zero-order valence-electron chi connectivity index (χ0n) is 9.29. The van der Waals surface area contributed by atoms with Gasteiger partial charge in [0, 0.05) is 11.3 Å². The number of hydrogen-bond donors (Lipinski definition) is 1. The molecule has 1 N–H and O–H groups in total. The monoisotopic (exact) mass is 225 g/mol. The van der Waals surface area contributed by atoms with Crippen molar-refractivity contribution in [3.8, 4) is 5.75 Å². The fraction of sp³-hybridized carbons (Fsp3) is 0.455. The summed E-state index contributed by atoms with van der Waals surface area (Å²) in [5.41, 5.74) is 0.503. The topological polar surface area (TPSA) is 72.6 Å².